The van der Waals surface area contributed by atoms with Gasteiger partial charge in [-0.05, 0) is 50.1 Å². The van der Waals surface area contributed by atoms with Crippen LogP contribution in [0.4, 0.5) is 29.5 Å². The third kappa shape index (κ3) is 5.47. The summed E-state index contributed by atoms with van der Waals surface area (Å²) in [5.74, 6) is -0.0900. The van der Waals surface area contributed by atoms with Crippen LogP contribution in [0.15, 0.2) is 42.7 Å². The molecule has 0 atom stereocenters. The van der Waals surface area contributed by atoms with Crippen LogP contribution in [-0.4, -0.2) is 31.4 Å². The normalized spacial score (nSPS) is 12.0. The van der Waals surface area contributed by atoms with Gasteiger partial charge in [0.2, 0.25) is 5.28 Å². The molecule has 158 valence electrons. The molecule has 0 fully saturated rings. The Balaban J connectivity index is 1.75. The molecule has 30 heavy (non-hydrogen) atoms. The van der Waals surface area contributed by atoms with E-state index in [0.717, 1.165) is 16.3 Å². The number of hydrogen-bond acceptors (Lipinski definition) is 6. The summed E-state index contributed by atoms with van der Waals surface area (Å²) in [6.07, 6.45) is -2.21. The summed E-state index contributed by atoms with van der Waals surface area (Å²) in [6.45, 7) is 5.26. The third-order valence-corrected chi connectivity index (χ3v) is 3.81. The lowest BCUT2D eigenvalue weighted by Crippen LogP contribution is -2.27. The third-order valence-electron chi connectivity index (χ3n) is 3.64. The van der Waals surface area contributed by atoms with E-state index in [2.05, 4.69) is 20.4 Å². The number of aromatic nitrogens is 4. The topological polar surface area (TPSA) is 81.9 Å². The van der Waals surface area contributed by atoms with Gasteiger partial charge in [0.05, 0.1) is 6.20 Å². The van der Waals surface area contributed by atoms with E-state index < -0.39 is 28.8 Å². The Labute approximate surface area is 174 Å². The summed E-state index contributed by atoms with van der Waals surface area (Å²) in [7, 11) is 0. The van der Waals surface area contributed by atoms with E-state index in [1.54, 1.807) is 45.0 Å². The molecular weight excluding hydrogens is 423 g/mol. The van der Waals surface area contributed by atoms with Gasteiger partial charge < -0.3 is 10.1 Å². The van der Waals surface area contributed by atoms with Crippen LogP contribution < -0.4 is 5.32 Å². The van der Waals surface area contributed by atoms with Gasteiger partial charge in [0, 0.05) is 23.5 Å². The molecule has 0 saturated heterocycles. The predicted octanol–water partition coefficient (Wildman–Crippen LogP) is 5.54. The van der Waals surface area contributed by atoms with Gasteiger partial charge in [0.15, 0.2) is 5.69 Å². The lowest BCUT2D eigenvalue weighted by molar-refractivity contribution is -0.141. The highest BCUT2D eigenvalue weighted by molar-refractivity contribution is 6.28. The molecule has 2 aromatic heterocycles. The number of nitrogens with zero attached hydrogens (tertiary/aromatic N) is 4. The second kappa shape index (κ2) is 7.94. The minimum atomic E-state index is -4.64. The first kappa shape index (κ1) is 21.6. The first-order valence-corrected chi connectivity index (χ1v) is 9.06. The zero-order valence-electron chi connectivity index (χ0n) is 16.2. The Morgan fingerprint density at radius 3 is 2.37 bits per heavy atom. The van der Waals surface area contributed by atoms with Crippen molar-refractivity contribution in [2.75, 3.05) is 5.32 Å². The number of carbonyl (C=O) groups is 1. The SMILES string of the molecule is CC(C)(C)OC(=O)n1cc(-c2ccc(Nc3cc(C(F)(F)F)nc(Cl)n3)cc2)cn1. The first-order chi connectivity index (χ1) is 13.9. The van der Waals surface area contributed by atoms with Crippen LogP contribution in [-0.2, 0) is 10.9 Å². The average molecular weight is 440 g/mol. The summed E-state index contributed by atoms with van der Waals surface area (Å²) in [6, 6.07) is 7.48. The second-order valence-electron chi connectivity index (χ2n) is 7.26. The number of ether oxygens (including phenoxy) is 1. The minimum Gasteiger partial charge on any atom is -0.442 e. The molecule has 0 radical (unpaired) electrons. The van der Waals surface area contributed by atoms with Crippen molar-refractivity contribution in [3.05, 3.63) is 53.7 Å². The van der Waals surface area contributed by atoms with E-state index in [-0.39, 0.29) is 5.82 Å². The van der Waals surface area contributed by atoms with Gasteiger partial charge in [-0.1, -0.05) is 12.1 Å². The number of alkyl halides is 3. The highest BCUT2D eigenvalue weighted by Gasteiger charge is 2.33. The van der Waals surface area contributed by atoms with Crippen molar-refractivity contribution in [2.45, 2.75) is 32.5 Å². The van der Waals surface area contributed by atoms with Crippen molar-refractivity contribution < 1.29 is 22.7 Å². The van der Waals surface area contributed by atoms with Crippen molar-refractivity contribution in [1.82, 2.24) is 19.7 Å². The van der Waals surface area contributed by atoms with E-state index in [9.17, 15) is 18.0 Å². The van der Waals surface area contributed by atoms with Crippen molar-refractivity contribution >= 4 is 29.2 Å². The lowest BCUT2D eigenvalue weighted by Gasteiger charge is -2.18. The van der Waals surface area contributed by atoms with Crippen LogP contribution in [0.5, 0.6) is 0 Å². The smallest absolute Gasteiger partial charge is 0.435 e. The Bertz CT molecular complexity index is 1060. The van der Waals surface area contributed by atoms with Crippen LogP contribution in [0.3, 0.4) is 0 Å². The Morgan fingerprint density at radius 1 is 1.10 bits per heavy atom. The van der Waals surface area contributed by atoms with Gasteiger partial charge in [-0.3, -0.25) is 0 Å². The lowest BCUT2D eigenvalue weighted by atomic mass is 10.1. The van der Waals surface area contributed by atoms with Gasteiger partial charge in [0.25, 0.3) is 0 Å². The van der Waals surface area contributed by atoms with Crippen molar-refractivity contribution in [3.8, 4) is 11.1 Å². The second-order valence-corrected chi connectivity index (χ2v) is 7.60. The quantitative estimate of drug-likeness (QED) is 0.539. The first-order valence-electron chi connectivity index (χ1n) is 8.68. The molecule has 3 aromatic rings. The maximum atomic E-state index is 12.9. The van der Waals surface area contributed by atoms with Gasteiger partial charge >= 0.3 is 12.3 Å². The van der Waals surface area contributed by atoms with E-state index in [0.29, 0.717) is 11.3 Å². The molecule has 1 aromatic carbocycles. The summed E-state index contributed by atoms with van der Waals surface area (Å²) >= 11 is 5.59. The molecule has 0 aliphatic heterocycles. The molecule has 0 unspecified atom stereocenters. The number of nitrogens with one attached hydrogen (secondary N) is 1. The van der Waals surface area contributed by atoms with Crippen LogP contribution in [0, 0.1) is 0 Å². The zero-order chi connectivity index (χ0) is 22.1. The fourth-order valence-corrected chi connectivity index (χ4v) is 2.58. The molecule has 0 aliphatic rings. The molecule has 0 bridgehead atoms. The van der Waals surface area contributed by atoms with E-state index >= 15 is 0 Å². The van der Waals surface area contributed by atoms with Crippen molar-refractivity contribution in [3.63, 3.8) is 0 Å². The molecule has 0 spiro atoms. The number of rotatable bonds is 3. The highest BCUT2D eigenvalue weighted by atomic mass is 35.5. The molecule has 0 aliphatic carbocycles. The fourth-order valence-electron chi connectivity index (χ4n) is 2.40. The number of anilines is 2. The maximum Gasteiger partial charge on any atom is 0.435 e. The summed E-state index contributed by atoms with van der Waals surface area (Å²) < 4.78 is 44.9. The molecule has 7 nitrogen and oxygen atoms in total. The number of halogens is 4. The molecular formula is C19H17ClF3N5O2. The van der Waals surface area contributed by atoms with Crippen LogP contribution in [0.25, 0.3) is 11.1 Å². The Morgan fingerprint density at radius 2 is 1.77 bits per heavy atom. The zero-order valence-corrected chi connectivity index (χ0v) is 16.9. The standard InChI is InChI=1S/C19H17ClF3N5O2/c1-18(2,3)30-17(29)28-10-12(9-24-28)11-4-6-13(7-5-11)25-15-8-14(19(21,22)23)26-16(20)27-15/h4-10H,1-3H3,(H,25,26,27). The van der Waals surface area contributed by atoms with Crippen LogP contribution >= 0.6 is 11.6 Å². The number of benzene rings is 1. The number of carbonyl (C=O) groups excluding carboxylic acids is 1. The largest absolute Gasteiger partial charge is 0.442 e. The van der Waals surface area contributed by atoms with E-state index in [1.165, 1.54) is 12.4 Å². The van der Waals surface area contributed by atoms with Gasteiger partial charge in [-0.2, -0.15) is 23.0 Å². The molecule has 1 N–H and O–H groups in total. The van der Waals surface area contributed by atoms with Crippen molar-refractivity contribution in [2.24, 2.45) is 0 Å². The van der Waals surface area contributed by atoms with Gasteiger partial charge in [-0.25, -0.2) is 14.8 Å². The Kier molecular flexibility index (Phi) is 5.71. The molecule has 0 amide bonds. The van der Waals surface area contributed by atoms with Crippen molar-refractivity contribution in [1.29, 1.82) is 0 Å². The summed E-state index contributed by atoms with van der Waals surface area (Å²) in [5.41, 5.74) is 0.105. The number of hydrogen-bond donors (Lipinski definition) is 1. The van der Waals surface area contributed by atoms with Crippen LogP contribution in [0.1, 0.15) is 26.5 Å². The molecule has 0 saturated carbocycles. The van der Waals surface area contributed by atoms with E-state index in [4.69, 9.17) is 16.3 Å². The van der Waals surface area contributed by atoms with Gasteiger partial charge in [0.1, 0.15) is 11.4 Å². The van der Waals surface area contributed by atoms with Crippen LogP contribution in [0.2, 0.25) is 5.28 Å². The average Bonchev–Trinajstić information content (AvgIpc) is 3.10. The highest BCUT2D eigenvalue weighted by Crippen LogP contribution is 2.30. The Hall–Kier alpha value is -3.14. The molecule has 3 rings (SSSR count). The van der Waals surface area contributed by atoms with E-state index in [1.807, 2.05) is 0 Å². The fraction of sp³-hybridized carbons (Fsp3) is 0.263. The summed E-state index contributed by atoms with van der Waals surface area (Å²) in [4.78, 5) is 19.0. The molecule has 2 heterocycles. The summed E-state index contributed by atoms with van der Waals surface area (Å²) in [5, 5.41) is 6.24. The monoisotopic (exact) mass is 439 g/mol. The predicted molar refractivity (Wildman–Crippen MR) is 105 cm³/mol. The molecule has 11 heteroatoms. The van der Waals surface area contributed by atoms with Gasteiger partial charge in [-0.15, -0.1) is 0 Å². The maximum absolute atomic E-state index is 12.9. The minimum absolute atomic E-state index is 0.0900.